The summed E-state index contributed by atoms with van der Waals surface area (Å²) in [6.45, 7) is 0.568. The number of amides is 2. The second-order valence-corrected chi connectivity index (χ2v) is 11.5. The molecule has 0 saturated carbocycles. The lowest BCUT2D eigenvalue weighted by Gasteiger charge is -2.10. The second kappa shape index (κ2) is 15.5. The first kappa shape index (κ1) is 31.9. The predicted molar refractivity (Wildman–Crippen MR) is 168 cm³/mol. The normalized spacial score (nSPS) is 10.9. The first-order valence-corrected chi connectivity index (χ1v) is 15.6. The molecular weight excluding hydrogens is 580 g/mol. The molecule has 0 aliphatic heterocycles. The van der Waals surface area contributed by atoms with Gasteiger partial charge < -0.3 is 14.8 Å². The highest BCUT2D eigenvalue weighted by atomic mass is 32.2. The van der Waals surface area contributed by atoms with Gasteiger partial charge in [0.25, 0.3) is 0 Å². The summed E-state index contributed by atoms with van der Waals surface area (Å²) in [6.07, 6.45) is 2.02. The van der Waals surface area contributed by atoms with Crippen LogP contribution in [0, 0.1) is 5.41 Å². The second-order valence-electron chi connectivity index (χ2n) is 9.95. The number of carbonyl (C=O) groups is 2. The quantitative estimate of drug-likeness (QED) is 0.0902. The van der Waals surface area contributed by atoms with E-state index in [0.29, 0.717) is 29.0 Å². The van der Waals surface area contributed by atoms with Crippen LogP contribution >= 0.6 is 0 Å². The molecule has 10 nitrogen and oxygen atoms in total. The Balaban J connectivity index is 1.14. The molecule has 44 heavy (non-hydrogen) atoms. The third-order valence-corrected chi connectivity index (χ3v) is 7.61. The van der Waals surface area contributed by atoms with E-state index in [2.05, 4.69) is 10.6 Å². The number of rotatable bonds is 12. The van der Waals surface area contributed by atoms with E-state index in [1.165, 1.54) is 6.07 Å². The molecule has 0 aliphatic rings. The summed E-state index contributed by atoms with van der Waals surface area (Å²) in [5, 5.41) is 18.7. The molecule has 0 heterocycles. The summed E-state index contributed by atoms with van der Waals surface area (Å²) in [7, 11) is -3.88. The Morgan fingerprint density at radius 3 is 2.23 bits per heavy atom. The number of unbranched alkanes of at least 4 members (excludes halogenated alkanes) is 2. The number of carbonyl (C=O) groups excluding carboxylic acids is 2. The molecule has 0 aliphatic carbocycles. The average molecular weight is 615 g/mol. The van der Waals surface area contributed by atoms with Gasteiger partial charge in [-0.05, 0) is 60.2 Å². The zero-order valence-electron chi connectivity index (χ0n) is 24.0. The van der Waals surface area contributed by atoms with Crippen LogP contribution in [0.1, 0.15) is 36.0 Å². The fourth-order valence-electron chi connectivity index (χ4n) is 4.44. The van der Waals surface area contributed by atoms with Gasteiger partial charge in [-0.3, -0.25) is 10.7 Å². The largest absolute Gasteiger partial charge is 0.444 e. The summed E-state index contributed by atoms with van der Waals surface area (Å²) in [6, 6.07) is 29.7. The fraction of sp³-hybridized carbons (Fsp3) is 0.182. The van der Waals surface area contributed by atoms with Crippen LogP contribution in [-0.4, -0.2) is 33.0 Å². The van der Waals surface area contributed by atoms with Gasteiger partial charge in [0.15, 0.2) is 0 Å². The topological polar surface area (TPSA) is 161 Å². The van der Waals surface area contributed by atoms with Crippen LogP contribution in [0.15, 0.2) is 108 Å². The molecule has 0 bridgehead atoms. The fourth-order valence-corrected chi connectivity index (χ4v) is 5.20. The SMILES string of the molecule is N=C(NC(=O)OCc1ccccc1)c1cccc(CCCCCNC(=O)Oc2ccc(-c3ccccc3S(N)(=O)=O)cc2)c1. The first-order chi connectivity index (χ1) is 21.2. The van der Waals surface area contributed by atoms with Crippen LogP contribution in [0.25, 0.3) is 11.1 Å². The number of primary sulfonamides is 1. The summed E-state index contributed by atoms with van der Waals surface area (Å²) >= 11 is 0. The molecule has 0 unspecified atom stereocenters. The molecule has 2 amide bonds. The Hall–Kier alpha value is -5.00. The van der Waals surface area contributed by atoms with Crippen molar-refractivity contribution in [1.82, 2.24) is 10.6 Å². The molecule has 0 aromatic heterocycles. The summed E-state index contributed by atoms with van der Waals surface area (Å²) < 4.78 is 34.3. The Morgan fingerprint density at radius 2 is 1.48 bits per heavy atom. The van der Waals surface area contributed by atoms with E-state index in [4.69, 9.17) is 20.0 Å². The maximum Gasteiger partial charge on any atom is 0.413 e. The van der Waals surface area contributed by atoms with Gasteiger partial charge in [0.05, 0.1) is 4.90 Å². The summed E-state index contributed by atoms with van der Waals surface area (Å²) in [5.74, 6) is 0.291. The number of ether oxygens (including phenoxy) is 2. The molecular formula is C33H34N4O6S. The van der Waals surface area contributed by atoms with E-state index in [1.807, 2.05) is 48.5 Å². The minimum Gasteiger partial charge on any atom is -0.444 e. The molecule has 0 radical (unpaired) electrons. The van der Waals surface area contributed by atoms with E-state index >= 15 is 0 Å². The molecule has 4 rings (SSSR count). The maximum atomic E-state index is 12.2. The van der Waals surface area contributed by atoms with Crippen molar-refractivity contribution in [3.8, 4) is 16.9 Å². The van der Waals surface area contributed by atoms with Crippen LogP contribution in [0.3, 0.4) is 0 Å². The van der Waals surface area contributed by atoms with Crippen molar-refractivity contribution in [3.05, 3.63) is 120 Å². The Labute approximate surface area is 256 Å². The van der Waals surface area contributed by atoms with Gasteiger partial charge in [-0.1, -0.05) is 85.3 Å². The van der Waals surface area contributed by atoms with E-state index in [9.17, 15) is 18.0 Å². The van der Waals surface area contributed by atoms with Gasteiger partial charge in [-0.25, -0.2) is 23.1 Å². The number of hydrogen-bond acceptors (Lipinski definition) is 7. The van der Waals surface area contributed by atoms with Crippen molar-refractivity contribution in [1.29, 1.82) is 5.41 Å². The third kappa shape index (κ3) is 9.79. The van der Waals surface area contributed by atoms with Gasteiger partial charge in [0, 0.05) is 17.7 Å². The van der Waals surface area contributed by atoms with E-state index in [1.54, 1.807) is 48.5 Å². The number of sulfonamides is 1. The third-order valence-electron chi connectivity index (χ3n) is 6.64. The number of nitrogens with one attached hydrogen (secondary N) is 3. The van der Waals surface area contributed by atoms with E-state index in [0.717, 1.165) is 36.8 Å². The number of amidine groups is 1. The molecule has 4 aromatic carbocycles. The minimum atomic E-state index is -3.88. The van der Waals surface area contributed by atoms with Gasteiger partial charge in [0.2, 0.25) is 10.0 Å². The molecule has 0 saturated heterocycles. The Morgan fingerprint density at radius 1 is 0.773 bits per heavy atom. The Bertz CT molecular complexity index is 1690. The van der Waals surface area contributed by atoms with E-state index < -0.39 is 22.2 Å². The first-order valence-electron chi connectivity index (χ1n) is 14.0. The monoisotopic (exact) mass is 614 g/mol. The van der Waals surface area contributed by atoms with Gasteiger partial charge >= 0.3 is 12.2 Å². The lowest BCUT2D eigenvalue weighted by Crippen LogP contribution is -2.31. The van der Waals surface area contributed by atoms with Crippen LogP contribution in [0.2, 0.25) is 0 Å². The van der Waals surface area contributed by atoms with Crippen molar-refractivity contribution in [3.63, 3.8) is 0 Å². The standard InChI is InChI=1S/C33H34N4O6S/c34-31(37-33(39)42-23-25-11-3-1-4-12-25)27-14-9-13-24(22-27)10-5-2-8-21-36-32(38)43-28-19-17-26(18-20-28)29-15-6-7-16-30(29)44(35,40)41/h1,3-4,6-7,9,11-20,22H,2,5,8,10,21,23H2,(H,36,38)(H2,34,37,39)(H2,35,40,41). The average Bonchev–Trinajstić information content (AvgIpc) is 3.02. The van der Waals surface area contributed by atoms with Crippen molar-refractivity contribution in [2.75, 3.05) is 6.54 Å². The molecule has 0 spiro atoms. The highest BCUT2D eigenvalue weighted by molar-refractivity contribution is 7.89. The predicted octanol–water partition coefficient (Wildman–Crippen LogP) is 5.75. The van der Waals surface area contributed by atoms with Gasteiger partial charge in [-0.2, -0.15) is 0 Å². The summed E-state index contributed by atoms with van der Waals surface area (Å²) in [5.41, 5.74) is 3.58. The van der Waals surface area contributed by atoms with Crippen molar-refractivity contribution >= 4 is 28.0 Å². The van der Waals surface area contributed by atoms with Gasteiger partial charge in [0.1, 0.15) is 18.2 Å². The minimum absolute atomic E-state index is 0.0207. The Kier molecular flexibility index (Phi) is 11.2. The van der Waals surface area contributed by atoms with Crippen molar-refractivity contribution < 1.29 is 27.5 Å². The number of alkyl carbamates (subject to hydrolysis) is 1. The molecule has 11 heteroatoms. The molecule has 0 atom stereocenters. The highest BCUT2D eigenvalue weighted by Crippen LogP contribution is 2.28. The lowest BCUT2D eigenvalue weighted by molar-refractivity contribution is 0.145. The molecule has 5 N–H and O–H groups in total. The van der Waals surface area contributed by atoms with E-state index in [-0.39, 0.29) is 17.3 Å². The van der Waals surface area contributed by atoms with Crippen LogP contribution in [-0.2, 0) is 27.8 Å². The van der Waals surface area contributed by atoms with Crippen molar-refractivity contribution in [2.24, 2.45) is 5.14 Å². The van der Waals surface area contributed by atoms with Crippen molar-refractivity contribution in [2.45, 2.75) is 37.2 Å². The zero-order chi connectivity index (χ0) is 31.4. The number of aryl methyl sites for hydroxylation is 1. The maximum absolute atomic E-state index is 12.2. The van der Waals surface area contributed by atoms with Crippen LogP contribution < -0.4 is 20.5 Å². The number of nitrogens with two attached hydrogens (primary N) is 1. The van der Waals surface area contributed by atoms with Crippen LogP contribution in [0.5, 0.6) is 5.75 Å². The van der Waals surface area contributed by atoms with Gasteiger partial charge in [-0.15, -0.1) is 0 Å². The molecule has 4 aromatic rings. The molecule has 228 valence electrons. The smallest absolute Gasteiger partial charge is 0.413 e. The van der Waals surface area contributed by atoms with Crippen LogP contribution in [0.4, 0.5) is 9.59 Å². The number of benzene rings is 4. The highest BCUT2D eigenvalue weighted by Gasteiger charge is 2.15. The molecule has 0 fully saturated rings. The lowest BCUT2D eigenvalue weighted by atomic mass is 10.0. The zero-order valence-corrected chi connectivity index (χ0v) is 24.8. The number of hydrogen-bond donors (Lipinski definition) is 4. The summed E-state index contributed by atoms with van der Waals surface area (Å²) in [4.78, 5) is 24.3.